The molecule has 1 aromatic rings. The van der Waals surface area contributed by atoms with Crippen LogP contribution in [0.5, 0.6) is 5.75 Å². The van der Waals surface area contributed by atoms with Crippen LogP contribution in [0.15, 0.2) is 24.3 Å². The van der Waals surface area contributed by atoms with Crippen LogP contribution in [0.4, 0.5) is 18.9 Å². The molecule has 124 valence electrons. The molecule has 4 nitrogen and oxygen atoms in total. The summed E-state index contributed by atoms with van der Waals surface area (Å²) in [6.45, 7) is 0.250. The minimum Gasteiger partial charge on any atom is -0.484 e. The van der Waals surface area contributed by atoms with E-state index in [2.05, 4.69) is 15.4 Å². The van der Waals surface area contributed by atoms with Crippen molar-refractivity contribution >= 4 is 24.0 Å². The second-order valence-corrected chi connectivity index (χ2v) is 4.96. The van der Waals surface area contributed by atoms with Crippen LogP contribution in [0, 0.1) is 5.92 Å². The molecule has 0 spiro atoms. The van der Waals surface area contributed by atoms with Gasteiger partial charge in [-0.15, -0.1) is 12.4 Å². The normalized spacial score (nSPS) is 18.2. The molecule has 1 aromatic carbocycles. The van der Waals surface area contributed by atoms with Gasteiger partial charge in [0.15, 0.2) is 6.61 Å². The van der Waals surface area contributed by atoms with Crippen LogP contribution in [0.1, 0.15) is 12.8 Å². The van der Waals surface area contributed by atoms with Gasteiger partial charge in [-0.3, -0.25) is 4.79 Å². The highest BCUT2D eigenvalue weighted by Crippen LogP contribution is 2.21. The molecule has 1 amide bonds. The first-order valence-electron chi connectivity index (χ1n) is 6.75. The molecule has 8 heteroatoms. The summed E-state index contributed by atoms with van der Waals surface area (Å²) in [6, 6.07) is 5.86. The minimum atomic E-state index is -4.36. The maximum Gasteiger partial charge on any atom is 0.422 e. The van der Waals surface area contributed by atoms with Gasteiger partial charge in [0.2, 0.25) is 5.91 Å². The Morgan fingerprint density at radius 3 is 2.55 bits per heavy atom. The molecular weight excluding hydrogens is 321 g/mol. The smallest absolute Gasteiger partial charge is 0.422 e. The Morgan fingerprint density at radius 2 is 2.00 bits per heavy atom. The first kappa shape index (κ1) is 18.6. The van der Waals surface area contributed by atoms with Gasteiger partial charge in [0.25, 0.3) is 0 Å². The number of ether oxygens (including phenoxy) is 1. The summed E-state index contributed by atoms with van der Waals surface area (Å²) >= 11 is 0. The Bertz CT molecular complexity index is 474. The van der Waals surface area contributed by atoms with Crippen LogP contribution in [0.2, 0.25) is 0 Å². The Morgan fingerprint density at radius 1 is 1.32 bits per heavy atom. The molecule has 1 heterocycles. The fourth-order valence-electron chi connectivity index (χ4n) is 2.12. The summed E-state index contributed by atoms with van der Waals surface area (Å²) in [6.07, 6.45) is -2.56. The third-order valence-electron chi connectivity index (χ3n) is 3.19. The Kier molecular flexibility index (Phi) is 6.96. The quantitative estimate of drug-likeness (QED) is 0.887. The van der Waals surface area contributed by atoms with Gasteiger partial charge in [0.1, 0.15) is 5.75 Å². The van der Waals surface area contributed by atoms with Crippen molar-refractivity contribution in [1.29, 1.82) is 0 Å². The van der Waals surface area contributed by atoms with Crippen molar-refractivity contribution in [2.24, 2.45) is 5.92 Å². The van der Waals surface area contributed by atoms with Gasteiger partial charge in [-0.1, -0.05) is 0 Å². The number of alkyl halides is 3. The molecule has 0 aromatic heterocycles. The number of hydrogen-bond acceptors (Lipinski definition) is 3. The number of carbonyl (C=O) groups is 1. The lowest BCUT2D eigenvalue weighted by Crippen LogP contribution is -2.37. The highest BCUT2D eigenvalue weighted by Gasteiger charge is 2.28. The van der Waals surface area contributed by atoms with E-state index in [0.717, 1.165) is 19.4 Å². The molecule has 0 bridgehead atoms. The number of carbonyl (C=O) groups excluding carboxylic acids is 1. The van der Waals surface area contributed by atoms with Crippen LogP contribution in [0.3, 0.4) is 0 Å². The van der Waals surface area contributed by atoms with Gasteiger partial charge in [0.05, 0.1) is 5.92 Å². The van der Waals surface area contributed by atoms with Gasteiger partial charge < -0.3 is 15.4 Å². The third-order valence-corrected chi connectivity index (χ3v) is 3.19. The fraction of sp³-hybridized carbons (Fsp3) is 0.500. The van der Waals surface area contributed by atoms with Crippen LogP contribution in [-0.4, -0.2) is 31.8 Å². The van der Waals surface area contributed by atoms with E-state index in [4.69, 9.17) is 0 Å². The molecule has 2 N–H and O–H groups in total. The Hall–Kier alpha value is -1.47. The molecule has 0 unspecified atom stereocenters. The molecule has 1 saturated heterocycles. The van der Waals surface area contributed by atoms with E-state index in [9.17, 15) is 18.0 Å². The average molecular weight is 339 g/mol. The molecule has 1 atom stereocenters. The number of nitrogens with one attached hydrogen (secondary N) is 2. The van der Waals surface area contributed by atoms with Crippen LogP contribution < -0.4 is 15.4 Å². The van der Waals surface area contributed by atoms with Gasteiger partial charge in [0, 0.05) is 12.2 Å². The molecule has 0 radical (unpaired) electrons. The second kappa shape index (κ2) is 8.24. The van der Waals surface area contributed by atoms with Gasteiger partial charge in [-0.2, -0.15) is 13.2 Å². The van der Waals surface area contributed by atoms with Crippen LogP contribution in [0.25, 0.3) is 0 Å². The van der Waals surface area contributed by atoms with Gasteiger partial charge in [-0.05, 0) is 43.7 Å². The summed E-state index contributed by atoms with van der Waals surface area (Å²) in [5.41, 5.74) is 0.546. The van der Waals surface area contributed by atoms with Gasteiger partial charge in [-0.25, -0.2) is 0 Å². The van der Waals surface area contributed by atoms with E-state index in [1.54, 1.807) is 0 Å². The monoisotopic (exact) mass is 338 g/mol. The van der Waals surface area contributed by atoms with Crippen molar-refractivity contribution < 1.29 is 22.7 Å². The van der Waals surface area contributed by atoms with E-state index in [-0.39, 0.29) is 30.0 Å². The highest BCUT2D eigenvalue weighted by molar-refractivity contribution is 5.92. The number of rotatable bonds is 4. The van der Waals surface area contributed by atoms with E-state index in [1.807, 2.05) is 0 Å². The molecule has 22 heavy (non-hydrogen) atoms. The number of piperidine rings is 1. The predicted octanol–water partition coefficient (Wildman–Crippen LogP) is 2.99. The summed E-state index contributed by atoms with van der Waals surface area (Å²) in [5, 5.41) is 5.91. The van der Waals surface area contributed by atoms with Crippen molar-refractivity contribution in [3.05, 3.63) is 24.3 Å². The SMILES string of the molecule is Cl.O=C(Nc1ccc(OCC(F)(F)F)cc1)[C@@H]1CCCNC1. The van der Waals surface area contributed by atoms with Crippen LogP contribution in [-0.2, 0) is 4.79 Å². The molecule has 0 aliphatic carbocycles. The zero-order valence-electron chi connectivity index (χ0n) is 11.8. The third kappa shape index (κ3) is 6.11. The number of anilines is 1. The van der Waals surface area contributed by atoms with E-state index in [1.165, 1.54) is 24.3 Å². The second-order valence-electron chi connectivity index (χ2n) is 4.96. The number of halogens is 4. The molecule has 0 saturated carbocycles. The molecule has 1 fully saturated rings. The largest absolute Gasteiger partial charge is 0.484 e. The van der Waals surface area contributed by atoms with E-state index >= 15 is 0 Å². The topological polar surface area (TPSA) is 50.4 Å². The van der Waals surface area contributed by atoms with Crippen molar-refractivity contribution in [3.63, 3.8) is 0 Å². The Labute approximate surface area is 132 Å². The summed E-state index contributed by atoms with van der Waals surface area (Å²) in [7, 11) is 0. The fourth-order valence-corrected chi connectivity index (χ4v) is 2.12. The number of hydrogen-bond donors (Lipinski definition) is 2. The predicted molar refractivity (Wildman–Crippen MR) is 79.5 cm³/mol. The molecule has 1 aliphatic rings. The van der Waals surface area contributed by atoms with Crippen molar-refractivity contribution in [2.45, 2.75) is 19.0 Å². The molecule has 2 rings (SSSR count). The van der Waals surface area contributed by atoms with Crippen molar-refractivity contribution in [3.8, 4) is 5.75 Å². The highest BCUT2D eigenvalue weighted by atomic mass is 35.5. The van der Waals surface area contributed by atoms with Crippen LogP contribution >= 0.6 is 12.4 Å². The molecular formula is C14H18ClF3N2O2. The lowest BCUT2D eigenvalue weighted by Gasteiger charge is -2.21. The van der Waals surface area contributed by atoms with Crippen molar-refractivity contribution in [1.82, 2.24) is 5.32 Å². The maximum atomic E-state index is 12.0. The molecule has 1 aliphatic heterocycles. The lowest BCUT2D eigenvalue weighted by atomic mass is 9.99. The lowest BCUT2D eigenvalue weighted by molar-refractivity contribution is -0.153. The minimum absolute atomic E-state index is 0. The maximum absolute atomic E-state index is 12.0. The summed E-state index contributed by atoms with van der Waals surface area (Å²) in [4.78, 5) is 12.0. The zero-order chi connectivity index (χ0) is 15.3. The standard InChI is InChI=1S/C14H17F3N2O2.ClH/c15-14(16,17)9-21-12-5-3-11(4-6-12)19-13(20)10-2-1-7-18-8-10;/h3-6,10,18H,1-2,7-9H2,(H,19,20);1H/t10-;/m1./s1. The van der Waals surface area contributed by atoms with E-state index < -0.39 is 12.8 Å². The summed E-state index contributed by atoms with van der Waals surface area (Å²) < 4.78 is 40.6. The first-order valence-corrected chi connectivity index (χ1v) is 6.75. The first-order chi connectivity index (χ1) is 9.94. The number of benzene rings is 1. The van der Waals surface area contributed by atoms with Crippen molar-refractivity contribution in [2.75, 3.05) is 25.0 Å². The zero-order valence-corrected chi connectivity index (χ0v) is 12.6. The van der Waals surface area contributed by atoms with Gasteiger partial charge >= 0.3 is 6.18 Å². The summed E-state index contributed by atoms with van der Waals surface area (Å²) in [5.74, 6) is -0.0317. The average Bonchev–Trinajstić information content (AvgIpc) is 2.46. The number of amides is 1. The Balaban J connectivity index is 0.00000242. The van der Waals surface area contributed by atoms with E-state index in [0.29, 0.717) is 12.2 Å².